The highest BCUT2D eigenvalue weighted by Gasteiger charge is 2.30. The molecule has 0 N–H and O–H groups in total. The third-order valence-electron chi connectivity index (χ3n) is 3.40. The van der Waals surface area contributed by atoms with Gasteiger partial charge in [-0.25, -0.2) is 9.48 Å². The summed E-state index contributed by atoms with van der Waals surface area (Å²) < 4.78 is 11.6. The number of aromatic nitrogens is 5. The van der Waals surface area contributed by atoms with Crippen LogP contribution in [0.1, 0.15) is 66.4 Å². The molecule has 3 rings (SSSR count). The molecule has 112 valence electrons. The summed E-state index contributed by atoms with van der Waals surface area (Å²) in [5.74, 6) is 1.22. The summed E-state index contributed by atoms with van der Waals surface area (Å²) in [6.45, 7) is 4.26. The summed E-state index contributed by atoms with van der Waals surface area (Å²) in [5, 5.41) is 11.9. The smallest absolute Gasteiger partial charge is 0.360 e. The van der Waals surface area contributed by atoms with E-state index in [1.54, 1.807) is 4.68 Å². The van der Waals surface area contributed by atoms with E-state index in [1.165, 1.54) is 7.11 Å². The second-order valence-electron chi connectivity index (χ2n) is 5.45. The van der Waals surface area contributed by atoms with Crippen molar-refractivity contribution in [1.29, 1.82) is 0 Å². The molecule has 1 saturated carbocycles. The molecule has 8 heteroatoms. The van der Waals surface area contributed by atoms with Crippen LogP contribution in [0.4, 0.5) is 0 Å². The molecule has 0 aromatic carbocycles. The first-order chi connectivity index (χ1) is 10.1. The standard InChI is InChI=1S/C13H17N5O3/c1-7(2)11-10(13(19)20-3)15-17-18(11)6-9-14-12(21-16-9)8-4-5-8/h7-8H,4-6H2,1-3H3. The molecule has 1 fully saturated rings. The Bertz CT molecular complexity index is 657. The molecule has 0 spiro atoms. The van der Waals surface area contributed by atoms with Crippen LogP contribution in [0.3, 0.4) is 0 Å². The van der Waals surface area contributed by atoms with Crippen molar-refractivity contribution in [1.82, 2.24) is 25.1 Å². The monoisotopic (exact) mass is 291 g/mol. The Morgan fingerprint density at radius 1 is 1.48 bits per heavy atom. The van der Waals surface area contributed by atoms with Crippen LogP contribution in [0.15, 0.2) is 4.52 Å². The Labute approximate surface area is 121 Å². The van der Waals surface area contributed by atoms with E-state index in [9.17, 15) is 4.79 Å². The summed E-state index contributed by atoms with van der Waals surface area (Å²) in [4.78, 5) is 16.1. The van der Waals surface area contributed by atoms with E-state index < -0.39 is 5.97 Å². The lowest BCUT2D eigenvalue weighted by Gasteiger charge is -2.08. The van der Waals surface area contributed by atoms with Crippen molar-refractivity contribution in [3.63, 3.8) is 0 Å². The fraction of sp³-hybridized carbons (Fsp3) is 0.615. The first kappa shape index (κ1) is 13.7. The average molecular weight is 291 g/mol. The van der Waals surface area contributed by atoms with Gasteiger partial charge < -0.3 is 9.26 Å². The van der Waals surface area contributed by atoms with Crippen LogP contribution < -0.4 is 0 Å². The SMILES string of the molecule is COC(=O)c1nnn(Cc2noc(C3CC3)n2)c1C(C)C. The van der Waals surface area contributed by atoms with Gasteiger partial charge >= 0.3 is 5.97 Å². The molecule has 21 heavy (non-hydrogen) atoms. The normalized spacial score (nSPS) is 14.7. The molecule has 0 bridgehead atoms. The molecular weight excluding hydrogens is 274 g/mol. The zero-order valence-electron chi connectivity index (χ0n) is 12.2. The summed E-state index contributed by atoms with van der Waals surface area (Å²) in [7, 11) is 1.33. The predicted molar refractivity (Wildman–Crippen MR) is 70.8 cm³/mol. The van der Waals surface area contributed by atoms with Gasteiger partial charge in [-0.05, 0) is 18.8 Å². The lowest BCUT2D eigenvalue weighted by Crippen LogP contribution is -2.12. The Morgan fingerprint density at radius 3 is 2.86 bits per heavy atom. The van der Waals surface area contributed by atoms with Crippen molar-refractivity contribution in [3.05, 3.63) is 23.1 Å². The van der Waals surface area contributed by atoms with Crippen LogP contribution in [0.5, 0.6) is 0 Å². The minimum Gasteiger partial charge on any atom is -0.464 e. The van der Waals surface area contributed by atoms with Crippen LogP contribution in [-0.4, -0.2) is 38.2 Å². The first-order valence-corrected chi connectivity index (χ1v) is 6.94. The highest BCUT2D eigenvalue weighted by Crippen LogP contribution is 2.38. The Balaban J connectivity index is 1.86. The molecule has 8 nitrogen and oxygen atoms in total. The van der Waals surface area contributed by atoms with Crippen molar-refractivity contribution in [2.45, 2.75) is 45.1 Å². The Morgan fingerprint density at radius 2 is 2.24 bits per heavy atom. The largest absolute Gasteiger partial charge is 0.464 e. The zero-order valence-corrected chi connectivity index (χ0v) is 12.2. The Hall–Kier alpha value is -2.25. The van der Waals surface area contributed by atoms with E-state index in [-0.39, 0.29) is 11.6 Å². The van der Waals surface area contributed by atoms with Crippen molar-refractivity contribution in [3.8, 4) is 0 Å². The lowest BCUT2D eigenvalue weighted by molar-refractivity contribution is 0.0592. The topological polar surface area (TPSA) is 95.9 Å². The van der Waals surface area contributed by atoms with E-state index in [0.717, 1.165) is 12.8 Å². The minimum atomic E-state index is -0.489. The van der Waals surface area contributed by atoms with Gasteiger partial charge in [0.2, 0.25) is 5.89 Å². The second kappa shape index (κ2) is 5.27. The van der Waals surface area contributed by atoms with E-state index in [0.29, 0.717) is 29.9 Å². The van der Waals surface area contributed by atoms with Crippen molar-refractivity contribution < 1.29 is 14.1 Å². The summed E-state index contributed by atoms with van der Waals surface area (Å²) in [6.07, 6.45) is 2.21. The van der Waals surface area contributed by atoms with Gasteiger partial charge in [0, 0.05) is 5.92 Å². The quantitative estimate of drug-likeness (QED) is 0.770. The second-order valence-corrected chi connectivity index (χ2v) is 5.45. The molecule has 1 aliphatic rings. The van der Waals surface area contributed by atoms with Gasteiger partial charge in [0.1, 0.15) is 6.54 Å². The third kappa shape index (κ3) is 2.65. The number of nitrogens with zero attached hydrogens (tertiary/aromatic N) is 5. The highest BCUT2D eigenvalue weighted by atomic mass is 16.5. The molecule has 0 radical (unpaired) electrons. The lowest BCUT2D eigenvalue weighted by atomic mass is 10.1. The van der Waals surface area contributed by atoms with E-state index in [1.807, 2.05) is 13.8 Å². The predicted octanol–water partition coefficient (Wildman–Crippen LogP) is 1.50. The first-order valence-electron chi connectivity index (χ1n) is 6.94. The van der Waals surface area contributed by atoms with Crippen LogP contribution in [-0.2, 0) is 11.3 Å². The maximum absolute atomic E-state index is 11.7. The molecule has 0 unspecified atom stereocenters. The summed E-state index contributed by atoms with van der Waals surface area (Å²) in [6, 6.07) is 0. The number of carbonyl (C=O) groups is 1. The van der Waals surface area contributed by atoms with Crippen molar-refractivity contribution in [2.24, 2.45) is 0 Å². The number of carbonyl (C=O) groups excluding carboxylic acids is 1. The number of esters is 1. The van der Waals surface area contributed by atoms with Gasteiger partial charge in [-0.1, -0.05) is 24.2 Å². The number of rotatable bonds is 5. The average Bonchev–Trinajstić information content (AvgIpc) is 3.06. The highest BCUT2D eigenvalue weighted by molar-refractivity contribution is 5.88. The minimum absolute atomic E-state index is 0.0731. The molecule has 2 heterocycles. The van der Waals surface area contributed by atoms with Gasteiger partial charge in [-0.3, -0.25) is 0 Å². The van der Waals surface area contributed by atoms with Gasteiger partial charge in [0.05, 0.1) is 12.8 Å². The van der Waals surface area contributed by atoms with Gasteiger partial charge in [-0.15, -0.1) is 5.10 Å². The summed E-state index contributed by atoms with van der Waals surface area (Å²) in [5.41, 5.74) is 0.943. The summed E-state index contributed by atoms with van der Waals surface area (Å²) >= 11 is 0. The van der Waals surface area contributed by atoms with Crippen molar-refractivity contribution in [2.75, 3.05) is 7.11 Å². The molecule has 2 aromatic heterocycles. The molecular formula is C13H17N5O3. The third-order valence-corrected chi connectivity index (χ3v) is 3.40. The van der Waals surface area contributed by atoms with E-state index >= 15 is 0 Å². The molecule has 1 aliphatic carbocycles. The van der Waals surface area contributed by atoms with Gasteiger partial charge in [0.15, 0.2) is 11.5 Å². The van der Waals surface area contributed by atoms with Crippen LogP contribution >= 0.6 is 0 Å². The number of ether oxygens (including phenoxy) is 1. The Kier molecular flexibility index (Phi) is 3.44. The maximum Gasteiger partial charge on any atom is 0.360 e. The van der Waals surface area contributed by atoms with Crippen LogP contribution in [0.2, 0.25) is 0 Å². The molecule has 0 saturated heterocycles. The fourth-order valence-electron chi connectivity index (χ4n) is 2.21. The zero-order chi connectivity index (χ0) is 15.0. The van der Waals surface area contributed by atoms with Crippen LogP contribution in [0.25, 0.3) is 0 Å². The molecule has 0 atom stereocenters. The van der Waals surface area contributed by atoms with Gasteiger partial charge in [-0.2, -0.15) is 4.98 Å². The number of hydrogen-bond donors (Lipinski definition) is 0. The van der Waals surface area contributed by atoms with Crippen LogP contribution in [0, 0.1) is 0 Å². The van der Waals surface area contributed by atoms with E-state index in [4.69, 9.17) is 9.26 Å². The fourth-order valence-corrected chi connectivity index (χ4v) is 2.21. The molecule has 2 aromatic rings. The molecule has 0 aliphatic heterocycles. The van der Waals surface area contributed by atoms with Gasteiger partial charge in [0.25, 0.3) is 0 Å². The number of hydrogen-bond acceptors (Lipinski definition) is 7. The molecule has 0 amide bonds. The number of methoxy groups -OCH3 is 1. The maximum atomic E-state index is 11.7. The van der Waals surface area contributed by atoms with Crippen molar-refractivity contribution >= 4 is 5.97 Å². The van der Waals surface area contributed by atoms with E-state index in [2.05, 4.69) is 20.5 Å².